The molecule has 1 aliphatic rings. The van der Waals surface area contributed by atoms with Gasteiger partial charge in [0.1, 0.15) is 0 Å². The van der Waals surface area contributed by atoms with Crippen molar-refractivity contribution in [1.29, 1.82) is 0 Å². The number of benzene rings is 2. The predicted octanol–water partition coefficient (Wildman–Crippen LogP) is 6.32. The van der Waals surface area contributed by atoms with Crippen molar-refractivity contribution in [3.63, 3.8) is 0 Å². The number of aryl methyl sites for hydroxylation is 1. The van der Waals surface area contributed by atoms with Crippen molar-refractivity contribution >= 4 is 24.0 Å². The van der Waals surface area contributed by atoms with Crippen LogP contribution < -0.4 is 5.19 Å². The smallest absolute Gasteiger partial charge is 0.0781 e. The van der Waals surface area contributed by atoms with Gasteiger partial charge in [-0.3, -0.25) is 4.98 Å². The molecule has 0 aliphatic heterocycles. The first-order valence-corrected chi connectivity index (χ1v) is 13.5. The second-order valence-electron chi connectivity index (χ2n) is 10.2. The molecule has 0 N–H and O–H groups in total. The van der Waals surface area contributed by atoms with Gasteiger partial charge in [0.05, 0.1) is 13.8 Å². The summed E-state index contributed by atoms with van der Waals surface area (Å²) >= 11 is 0. The van der Waals surface area contributed by atoms with Crippen LogP contribution in [-0.2, 0) is 10.8 Å². The van der Waals surface area contributed by atoms with E-state index in [0.717, 1.165) is 0 Å². The van der Waals surface area contributed by atoms with Crippen LogP contribution in [0.2, 0.25) is 19.6 Å². The zero-order valence-corrected chi connectivity index (χ0v) is 19.0. The summed E-state index contributed by atoms with van der Waals surface area (Å²) in [6.45, 7) is 19.4. The minimum Gasteiger partial charge on any atom is -0.256 e. The first-order chi connectivity index (χ1) is 12.5. The van der Waals surface area contributed by atoms with E-state index >= 15 is 0 Å². The van der Waals surface area contributed by atoms with E-state index in [1.165, 1.54) is 38.7 Å². The van der Waals surface area contributed by atoms with Gasteiger partial charge in [-0.25, -0.2) is 0 Å². The summed E-state index contributed by atoms with van der Waals surface area (Å²) < 4.78 is 0. The molecule has 0 bridgehead atoms. The lowest BCUT2D eigenvalue weighted by Gasteiger charge is -2.50. The maximum atomic E-state index is 4.97. The van der Waals surface area contributed by atoms with Crippen LogP contribution in [0.5, 0.6) is 0 Å². The molecular formula is C25H31NSi. The standard InChI is InChI=1S/C25H31NSi/c1-16-18-12-10-9-11-17(18)15-19-21(16)24(2,3)25(4,5)22-20(27(6,7)8)13-14-26-23(19)22/h9-15H,1-8H3. The summed E-state index contributed by atoms with van der Waals surface area (Å²) in [7, 11) is -1.49. The van der Waals surface area contributed by atoms with E-state index < -0.39 is 8.07 Å². The molecule has 0 atom stereocenters. The number of rotatable bonds is 1. The van der Waals surface area contributed by atoms with Gasteiger partial charge in [0.25, 0.3) is 0 Å². The molecule has 1 heterocycles. The number of pyridine rings is 1. The lowest BCUT2D eigenvalue weighted by Crippen LogP contribution is -2.52. The Labute approximate surface area is 164 Å². The zero-order chi connectivity index (χ0) is 19.8. The number of hydrogen-bond donors (Lipinski definition) is 0. The zero-order valence-electron chi connectivity index (χ0n) is 18.0. The van der Waals surface area contributed by atoms with Crippen LogP contribution in [0.15, 0.2) is 42.6 Å². The van der Waals surface area contributed by atoms with Crippen molar-refractivity contribution in [2.75, 3.05) is 0 Å². The highest BCUT2D eigenvalue weighted by Crippen LogP contribution is 2.54. The molecular weight excluding hydrogens is 342 g/mol. The van der Waals surface area contributed by atoms with Crippen LogP contribution in [0.25, 0.3) is 22.0 Å². The monoisotopic (exact) mass is 373 g/mol. The van der Waals surface area contributed by atoms with E-state index in [1.807, 2.05) is 6.20 Å². The number of fused-ring (bicyclic) bond motifs is 4. The van der Waals surface area contributed by atoms with Gasteiger partial charge in [-0.1, -0.05) is 76.8 Å². The van der Waals surface area contributed by atoms with Crippen molar-refractivity contribution in [3.05, 3.63) is 59.3 Å². The topological polar surface area (TPSA) is 12.9 Å². The number of hydrogen-bond acceptors (Lipinski definition) is 1. The summed E-state index contributed by atoms with van der Waals surface area (Å²) in [5, 5.41) is 4.24. The van der Waals surface area contributed by atoms with Crippen LogP contribution in [0.4, 0.5) is 0 Å². The summed E-state index contributed by atoms with van der Waals surface area (Å²) in [6, 6.07) is 13.5. The SMILES string of the molecule is Cc1c2c(cc3ccccc13)-c1nccc([Si](C)(C)C)c1C(C)(C)C2(C)C. The van der Waals surface area contributed by atoms with Crippen molar-refractivity contribution in [1.82, 2.24) is 4.98 Å². The Morgan fingerprint density at radius 1 is 0.852 bits per heavy atom. The van der Waals surface area contributed by atoms with Crippen molar-refractivity contribution in [3.8, 4) is 11.3 Å². The van der Waals surface area contributed by atoms with Crippen molar-refractivity contribution < 1.29 is 0 Å². The van der Waals surface area contributed by atoms with Crippen molar-refractivity contribution in [2.24, 2.45) is 0 Å². The van der Waals surface area contributed by atoms with E-state index in [9.17, 15) is 0 Å². The summed E-state index contributed by atoms with van der Waals surface area (Å²) in [4.78, 5) is 4.97. The Bertz CT molecular complexity index is 1070. The molecule has 0 radical (unpaired) electrons. The van der Waals surface area contributed by atoms with Gasteiger partial charge in [-0.2, -0.15) is 0 Å². The highest BCUT2D eigenvalue weighted by atomic mass is 28.3. The minimum absolute atomic E-state index is 0.0203. The predicted molar refractivity (Wildman–Crippen MR) is 121 cm³/mol. The van der Waals surface area contributed by atoms with Crippen molar-refractivity contribution in [2.45, 2.75) is 65.1 Å². The van der Waals surface area contributed by atoms with Gasteiger partial charge in [-0.05, 0) is 51.9 Å². The fourth-order valence-corrected chi connectivity index (χ4v) is 6.83. The Balaban J connectivity index is 2.22. The lowest BCUT2D eigenvalue weighted by molar-refractivity contribution is 0.298. The minimum atomic E-state index is -1.49. The lowest BCUT2D eigenvalue weighted by atomic mass is 9.55. The largest absolute Gasteiger partial charge is 0.256 e. The van der Waals surface area contributed by atoms with Crippen LogP contribution in [0.3, 0.4) is 0 Å². The Kier molecular flexibility index (Phi) is 3.78. The van der Waals surface area contributed by atoms with E-state index in [2.05, 4.69) is 90.7 Å². The molecule has 2 aromatic carbocycles. The van der Waals surface area contributed by atoms with Crippen LogP contribution >= 0.6 is 0 Å². The molecule has 1 aliphatic carbocycles. The average Bonchev–Trinajstić information content (AvgIpc) is 2.59. The summed E-state index contributed by atoms with van der Waals surface area (Å²) in [6.07, 6.45) is 2.04. The second kappa shape index (κ2) is 5.54. The molecule has 1 nitrogen and oxygen atoms in total. The molecule has 0 saturated heterocycles. The molecule has 2 heteroatoms. The normalized spacial score (nSPS) is 17.5. The molecule has 0 saturated carbocycles. The highest BCUT2D eigenvalue weighted by Gasteiger charge is 2.49. The molecule has 0 unspecified atom stereocenters. The molecule has 140 valence electrons. The fraction of sp³-hybridized carbons (Fsp3) is 0.400. The van der Waals surface area contributed by atoms with E-state index in [-0.39, 0.29) is 10.8 Å². The van der Waals surface area contributed by atoms with E-state index in [4.69, 9.17) is 4.98 Å². The molecule has 0 amide bonds. The van der Waals surface area contributed by atoms with E-state index in [1.54, 1.807) is 5.19 Å². The third-order valence-electron chi connectivity index (χ3n) is 7.14. The Hall–Kier alpha value is -1.93. The summed E-state index contributed by atoms with van der Waals surface area (Å²) in [5.41, 5.74) is 6.96. The van der Waals surface area contributed by atoms with Gasteiger partial charge in [0, 0.05) is 17.2 Å². The third-order valence-corrected chi connectivity index (χ3v) is 9.17. The van der Waals surface area contributed by atoms with Crippen LogP contribution in [-0.4, -0.2) is 13.1 Å². The van der Waals surface area contributed by atoms with Gasteiger partial charge < -0.3 is 0 Å². The average molecular weight is 374 g/mol. The van der Waals surface area contributed by atoms with E-state index in [0.29, 0.717) is 0 Å². The number of aromatic nitrogens is 1. The van der Waals surface area contributed by atoms with Crippen LogP contribution in [0, 0.1) is 6.92 Å². The quantitative estimate of drug-likeness (QED) is 0.455. The third kappa shape index (κ3) is 2.39. The first-order valence-electron chi connectivity index (χ1n) is 10.0. The molecule has 0 fully saturated rings. The Morgan fingerprint density at radius 2 is 1.48 bits per heavy atom. The van der Waals surface area contributed by atoms with Gasteiger partial charge in [-0.15, -0.1) is 0 Å². The maximum Gasteiger partial charge on any atom is 0.0781 e. The van der Waals surface area contributed by atoms with Gasteiger partial charge in [0.15, 0.2) is 0 Å². The molecule has 1 aromatic heterocycles. The number of nitrogens with zero attached hydrogens (tertiary/aromatic N) is 1. The fourth-order valence-electron chi connectivity index (χ4n) is 5.07. The first kappa shape index (κ1) is 18.4. The Morgan fingerprint density at radius 3 is 2.15 bits per heavy atom. The molecule has 3 aromatic rings. The highest BCUT2D eigenvalue weighted by molar-refractivity contribution is 6.89. The van der Waals surface area contributed by atoms with Crippen LogP contribution in [0.1, 0.15) is 44.4 Å². The molecule has 0 spiro atoms. The molecule has 27 heavy (non-hydrogen) atoms. The van der Waals surface area contributed by atoms with Gasteiger partial charge >= 0.3 is 0 Å². The van der Waals surface area contributed by atoms with Gasteiger partial charge in [0.2, 0.25) is 0 Å². The molecule has 4 rings (SSSR count). The summed E-state index contributed by atoms with van der Waals surface area (Å²) in [5.74, 6) is 0. The second-order valence-corrected chi connectivity index (χ2v) is 15.3. The maximum absolute atomic E-state index is 4.97.